The van der Waals surface area contributed by atoms with Crippen molar-refractivity contribution < 1.29 is 18.7 Å². The lowest BCUT2D eigenvalue weighted by atomic mass is 9.79. The van der Waals surface area contributed by atoms with Gasteiger partial charge in [-0.15, -0.1) is 0 Å². The highest BCUT2D eigenvalue weighted by Crippen LogP contribution is 2.32. The molecule has 2 bridgehead atoms. The van der Waals surface area contributed by atoms with Crippen molar-refractivity contribution in [3.8, 4) is 17.8 Å². The molecule has 2 atom stereocenters. The van der Waals surface area contributed by atoms with E-state index in [0.717, 1.165) is 13.1 Å². The number of amides is 1. The molecular weight excluding hydrogens is 334 g/mol. The van der Waals surface area contributed by atoms with E-state index < -0.39 is 0 Å². The molecule has 2 aromatic rings. The van der Waals surface area contributed by atoms with Gasteiger partial charge in [0.15, 0.2) is 0 Å². The Balaban J connectivity index is 1.39. The largest absolute Gasteiger partial charge is 0.467 e. The fourth-order valence-corrected chi connectivity index (χ4v) is 3.94. The zero-order valence-electron chi connectivity index (χ0n) is 15.0. The number of methoxy groups -OCH3 is 1. The van der Waals surface area contributed by atoms with Crippen molar-refractivity contribution in [3.63, 3.8) is 0 Å². The third kappa shape index (κ3) is 3.26. The number of aromatic nitrogens is 1. The normalized spacial score (nSPS) is 27.2. The van der Waals surface area contributed by atoms with Crippen molar-refractivity contribution in [2.75, 3.05) is 20.2 Å². The van der Waals surface area contributed by atoms with Crippen LogP contribution in [0.15, 0.2) is 34.9 Å². The summed E-state index contributed by atoms with van der Waals surface area (Å²) in [6.45, 7) is 4.50. The second-order valence-corrected chi connectivity index (χ2v) is 6.89. The Morgan fingerprint density at radius 1 is 1.27 bits per heavy atom. The van der Waals surface area contributed by atoms with Gasteiger partial charge in [-0.1, -0.05) is 0 Å². The molecule has 3 fully saturated rings. The van der Waals surface area contributed by atoms with Crippen LogP contribution in [0.1, 0.15) is 30.1 Å². The zero-order valence-corrected chi connectivity index (χ0v) is 15.0. The number of ether oxygens (including phenoxy) is 2. The highest BCUT2D eigenvalue weighted by atomic mass is 16.7. The van der Waals surface area contributed by atoms with E-state index in [4.69, 9.17) is 13.9 Å². The topological polar surface area (TPSA) is 76.8 Å². The zero-order chi connectivity index (χ0) is 18.1. The number of oxazole rings is 1. The summed E-state index contributed by atoms with van der Waals surface area (Å²) in [7, 11) is 1.49. The number of nitrogens with one attached hydrogen (secondary N) is 1. The van der Waals surface area contributed by atoms with Crippen LogP contribution in [-0.2, 0) is 0 Å². The number of piperidine rings is 3. The molecule has 5 rings (SSSR count). The van der Waals surface area contributed by atoms with E-state index >= 15 is 0 Å². The van der Waals surface area contributed by atoms with Gasteiger partial charge in [-0.2, -0.15) is 4.98 Å². The van der Waals surface area contributed by atoms with Crippen molar-refractivity contribution in [2.45, 2.75) is 31.8 Å². The summed E-state index contributed by atoms with van der Waals surface area (Å²) in [4.78, 5) is 19.0. The molecule has 1 amide bonds. The molecule has 3 aliphatic heterocycles. The minimum atomic E-state index is -0.0417. The molecule has 3 saturated heterocycles. The van der Waals surface area contributed by atoms with E-state index in [2.05, 4.69) is 22.1 Å². The standard InChI is InChI=1S/C19H23N3O4/c1-12-17(13-7-9-22(12)10-8-13)21-18(23)14-3-5-15(6-4-14)25-19-20-11-16(24-2)26-19/h3-6,11-13,17H,7-10H2,1-2H3,(H,21,23)/t12-,17-/m0/s1. The summed E-state index contributed by atoms with van der Waals surface area (Å²) in [5.41, 5.74) is 0.617. The van der Waals surface area contributed by atoms with Gasteiger partial charge in [0, 0.05) is 17.6 Å². The van der Waals surface area contributed by atoms with E-state index in [1.165, 1.54) is 26.1 Å². The Labute approximate surface area is 152 Å². The van der Waals surface area contributed by atoms with Crippen LogP contribution in [-0.4, -0.2) is 48.1 Å². The number of hydrogen-bond donors (Lipinski definition) is 1. The molecule has 138 valence electrons. The number of nitrogens with zero attached hydrogens (tertiary/aromatic N) is 2. The minimum absolute atomic E-state index is 0.0417. The number of hydrogen-bond acceptors (Lipinski definition) is 6. The van der Waals surface area contributed by atoms with Crippen LogP contribution in [0, 0.1) is 5.92 Å². The molecule has 0 radical (unpaired) electrons. The van der Waals surface area contributed by atoms with Gasteiger partial charge >= 0.3 is 12.0 Å². The highest BCUT2D eigenvalue weighted by molar-refractivity contribution is 5.94. The van der Waals surface area contributed by atoms with Gasteiger partial charge in [-0.25, -0.2) is 0 Å². The van der Waals surface area contributed by atoms with Crippen LogP contribution in [0.25, 0.3) is 0 Å². The van der Waals surface area contributed by atoms with Gasteiger partial charge in [-0.05, 0) is 63.0 Å². The monoisotopic (exact) mass is 357 g/mol. The van der Waals surface area contributed by atoms with E-state index in [1.54, 1.807) is 24.3 Å². The maximum Gasteiger partial charge on any atom is 0.402 e. The van der Waals surface area contributed by atoms with E-state index in [0.29, 0.717) is 23.3 Å². The Bertz CT molecular complexity index is 763. The molecule has 26 heavy (non-hydrogen) atoms. The van der Waals surface area contributed by atoms with Gasteiger partial charge in [0.1, 0.15) is 11.9 Å². The van der Waals surface area contributed by atoms with Gasteiger partial charge in [0.05, 0.1) is 7.11 Å². The van der Waals surface area contributed by atoms with Crippen molar-refractivity contribution in [3.05, 3.63) is 36.0 Å². The lowest BCUT2D eigenvalue weighted by molar-refractivity contribution is 0.0217. The molecule has 0 unspecified atom stereocenters. The van der Waals surface area contributed by atoms with Crippen LogP contribution in [0.2, 0.25) is 0 Å². The quantitative estimate of drug-likeness (QED) is 0.887. The molecule has 1 aromatic heterocycles. The summed E-state index contributed by atoms with van der Waals surface area (Å²) in [5, 5.41) is 3.23. The molecular formula is C19H23N3O4. The summed E-state index contributed by atoms with van der Waals surface area (Å²) >= 11 is 0. The first-order valence-corrected chi connectivity index (χ1v) is 8.96. The van der Waals surface area contributed by atoms with Crippen LogP contribution in [0.3, 0.4) is 0 Å². The first kappa shape index (κ1) is 16.9. The fraction of sp³-hybridized carbons (Fsp3) is 0.474. The smallest absolute Gasteiger partial charge is 0.402 e. The molecule has 1 aromatic carbocycles. The molecule has 1 N–H and O–H groups in total. The molecule has 0 spiro atoms. The molecule has 3 aliphatic rings. The van der Waals surface area contributed by atoms with E-state index in [-0.39, 0.29) is 24.0 Å². The first-order chi connectivity index (χ1) is 12.6. The summed E-state index contributed by atoms with van der Waals surface area (Å²) in [6, 6.07) is 7.57. The average molecular weight is 357 g/mol. The van der Waals surface area contributed by atoms with Crippen molar-refractivity contribution in [1.29, 1.82) is 0 Å². The van der Waals surface area contributed by atoms with Crippen molar-refractivity contribution in [1.82, 2.24) is 15.2 Å². The summed E-state index contributed by atoms with van der Waals surface area (Å²) in [6.07, 6.45) is 3.87. The maximum absolute atomic E-state index is 12.6. The Kier molecular flexibility index (Phi) is 4.55. The number of benzene rings is 1. The van der Waals surface area contributed by atoms with Gasteiger partial charge in [0.25, 0.3) is 5.91 Å². The summed E-state index contributed by atoms with van der Waals surface area (Å²) < 4.78 is 15.6. The predicted molar refractivity (Wildman–Crippen MR) is 94.6 cm³/mol. The van der Waals surface area contributed by atoms with Gasteiger partial charge in [0.2, 0.25) is 0 Å². The van der Waals surface area contributed by atoms with Crippen LogP contribution in [0.5, 0.6) is 17.8 Å². The minimum Gasteiger partial charge on any atom is -0.467 e. The molecule has 0 saturated carbocycles. The Hall–Kier alpha value is -2.54. The maximum atomic E-state index is 12.6. The molecule has 7 heteroatoms. The number of carbonyl (C=O) groups is 1. The lowest BCUT2D eigenvalue weighted by Crippen LogP contribution is -2.62. The molecule has 4 heterocycles. The van der Waals surface area contributed by atoms with Crippen LogP contribution < -0.4 is 14.8 Å². The SMILES string of the molecule is COc1cnc(Oc2ccc(C(=O)N[C@@H]3C4CCN(CC4)[C@H]3C)cc2)o1. The lowest BCUT2D eigenvalue weighted by Gasteiger charge is -2.49. The first-order valence-electron chi connectivity index (χ1n) is 8.96. The third-order valence-corrected chi connectivity index (χ3v) is 5.46. The number of rotatable bonds is 5. The van der Waals surface area contributed by atoms with Gasteiger partial charge < -0.3 is 19.2 Å². The van der Waals surface area contributed by atoms with Crippen molar-refractivity contribution in [2.24, 2.45) is 5.92 Å². The Morgan fingerprint density at radius 3 is 2.62 bits per heavy atom. The van der Waals surface area contributed by atoms with E-state index in [1.807, 2.05) is 0 Å². The van der Waals surface area contributed by atoms with Crippen LogP contribution in [0.4, 0.5) is 0 Å². The fourth-order valence-electron chi connectivity index (χ4n) is 3.94. The van der Waals surface area contributed by atoms with E-state index in [9.17, 15) is 4.79 Å². The van der Waals surface area contributed by atoms with Crippen LogP contribution >= 0.6 is 0 Å². The third-order valence-electron chi connectivity index (χ3n) is 5.46. The Morgan fingerprint density at radius 2 is 2.00 bits per heavy atom. The number of carbonyl (C=O) groups excluding carboxylic acids is 1. The molecule has 7 nitrogen and oxygen atoms in total. The average Bonchev–Trinajstić information content (AvgIpc) is 3.13. The second kappa shape index (κ2) is 6.99. The van der Waals surface area contributed by atoms with Gasteiger partial charge in [-0.3, -0.25) is 9.69 Å². The highest BCUT2D eigenvalue weighted by Gasteiger charge is 2.40. The summed E-state index contributed by atoms with van der Waals surface area (Å²) in [5.74, 6) is 1.37. The number of fused-ring (bicyclic) bond motifs is 3. The predicted octanol–water partition coefficient (Wildman–Crippen LogP) is 2.69. The second-order valence-electron chi connectivity index (χ2n) is 6.89. The van der Waals surface area contributed by atoms with Crippen molar-refractivity contribution >= 4 is 5.91 Å². The molecule has 0 aliphatic carbocycles.